The van der Waals surface area contributed by atoms with Crippen molar-refractivity contribution in [3.63, 3.8) is 0 Å². The van der Waals surface area contributed by atoms with Crippen molar-refractivity contribution in [1.82, 2.24) is 9.97 Å². The number of esters is 1. The maximum absolute atomic E-state index is 12.9. The molecule has 3 aromatic heterocycles. The molecular formula is C28H22ClN3O7. The van der Waals surface area contributed by atoms with Crippen LogP contribution in [-0.4, -0.2) is 42.2 Å². The molecule has 11 heteroatoms. The molecule has 0 saturated heterocycles. The zero-order valence-corrected chi connectivity index (χ0v) is 21.8. The molecule has 1 atom stereocenters. The first-order valence-corrected chi connectivity index (χ1v) is 12.1. The van der Waals surface area contributed by atoms with Gasteiger partial charge in [0.1, 0.15) is 22.9 Å². The number of aromatic nitrogens is 2. The number of nitrogens with one attached hydrogen (secondary N) is 1. The molecule has 1 N–H and O–H groups in total. The maximum atomic E-state index is 12.9. The number of amides is 1. The molecule has 1 amide bonds. The summed E-state index contributed by atoms with van der Waals surface area (Å²) < 4.78 is 27.0. The third-order valence-corrected chi connectivity index (χ3v) is 6.09. The second-order valence-electron chi connectivity index (χ2n) is 8.30. The van der Waals surface area contributed by atoms with Crippen molar-refractivity contribution in [3.8, 4) is 34.4 Å². The van der Waals surface area contributed by atoms with Crippen molar-refractivity contribution < 1.29 is 32.6 Å². The first-order valence-electron chi connectivity index (χ1n) is 11.7. The number of nitrogens with zero attached hydrogens (tertiary/aromatic N) is 2. The highest BCUT2D eigenvalue weighted by Gasteiger charge is 2.23. The van der Waals surface area contributed by atoms with Gasteiger partial charge in [-0.15, -0.1) is 0 Å². The minimum Gasteiger partial charge on any atom is -0.495 e. The zero-order chi connectivity index (χ0) is 27.5. The van der Waals surface area contributed by atoms with Crippen molar-refractivity contribution in [2.75, 3.05) is 19.5 Å². The quantitative estimate of drug-likeness (QED) is 0.232. The van der Waals surface area contributed by atoms with Gasteiger partial charge in [0.15, 0.2) is 17.6 Å². The number of hydrogen-bond donors (Lipinski definition) is 1. The maximum Gasteiger partial charge on any atom is 0.338 e. The van der Waals surface area contributed by atoms with Gasteiger partial charge in [0.25, 0.3) is 5.91 Å². The lowest BCUT2D eigenvalue weighted by molar-refractivity contribution is -0.123. The Morgan fingerprint density at radius 3 is 2.10 bits per heavy atom. The van der Waals surface area contributed by atoms with Gasteiger partial charge in [-0.3, -0.25) is 4.79 Å². The van der Waals surface area contributed by atoms with Gasteiger partial charge >= 0.3 is 5.97 Å². The fraction of sp³-hybridized carbons (Fsp3) is 0.143. The number of halogens is 1. The summed E-state index contributed by atoms with van der Waals surface area (Å²) >= 11 is 6.18. The number of methoxy groups -OCH3 is 2. The van der Waals surface area contributed by atoms with Crippen LogP contribution in [0.25, 0.3) is 33.9 Å². The average molecular weight is 548 g/mol. The van der Waals surface area contributed by atoms with E-state index in [1.165, 1.54) is 33.5 Å². The highest BCUT2D eigenvalue weighted by molar-refractivity contribution is 6.32. The lowest BCUT2D eigenvalue weighted by Gasteiger charge is -2.16. The van der Waals surface area contributed by atoms with E-state index in [0.717, 1.165) is 0 Å². The van der Waals surface area contributed by atoms with Crippen LogP contribution in [-0.2, 0) is 9.53 Å². The molecule has 0 fully saturated rings. The molecule has 0 bridgehead atoms. The summed E-state index contributed by atoms with van der Waals surface area (Å²) in [6.45, 7) is 1.45. The van der Waals surface area contributed by atoms with Crippen molar-refractivity contribution in [1.29, 1.82) is 0 Å². The van der Waals surface area contributed by atoms with Gasteiger partial charge in [0.05, 0.1) is 54.1 Å². The first-order chi connectivity index (χ1) is 18.9. The predicted octanol–water partition coefficient (Wildman–Crippen LogP) is 6.00. The fourth-order valence-corrected chi connectivity index (χ4v) is 4.07. The number of benzene rings is 2. The molecule has 198 valence electrons. The summed E-state index contributed by atoms with van der Waals surface area (Å²) in [5.41, 5.74) is 2.40. The number of ether oxygens (including phenoxy) is 3. The molecule has 0 aliphatic heterocycles. The Bertz CT molecular complexity index is 1650. The standard InChI is InChI=1S/C28H22ClN3O7/c1-15(27(33)32-20-13-17(29)23(35-2)14-24(20)36-3)39-28(34)16-8-9-18-19(12-16)31-26(22-7-5-11-38-22)25(30-18)21-6-4-10-37-21/h4-15H,1-3H3,(H,32,33). The molecule has 39 heavy (non-hydrogen) atoms. The molecule has 0 radical (unpaired) electrons. The predicted molar refractivity (Wildman–Crippen MR) is 143 cm³/mol. The fourth-order valence-electron chi connectivity index (χ4n) is 3.83. The van der Waals surface area contributed by atoms with Gasteiger partial charge in [-0.25, -0.2) is 14.8 Å². The topological polar surface area (TPSA) is 126 Å². The summed E-state index contributed by atoms with van der Waals surface area (Å²) in [6.07, 6.45) is 1.94. The molecular weight excluding hydrogens is 526 g/mol. The number of carbonyl (C=O) groups is 2. The number of carbonyl (C=O) groups excluding carboxylic acids is 2. The normalized spacial score (nSPS) is 11.7. The Balaban J connectivity index is 1.37. The third kappa shape index (κ3) is 5.27. The lowest BCUT2D eigenvalue weighted by atomic mass is 10.1. The number of hydrogen-bond acceptors (Lipinski definition) is 9. The molecule has 0 spiro atoms. The largest absolute Gasteiger partial charge is 0.495 e. The highest BCUT2D eigenvalue weighted by Crippen LogP contribution is 2.36. The van der Waals surface area contributed by atoms with Crippen LogP contribution in [0.1, 0.15) is 17.3 Å². The van der Waals surface area contributed by atoms with E-state index in [2.05, 4.69) is 15.3 Å². The van der Waals surface area contributed by atoms with E-state index in [9.17, 15) is 9.59 Å². The number of furan rings is 2. The molecule has 2 aromatic carbocycles. The SMILES string of the molecule is COc1cc(OC)c(NC(=O)C(C)OC(=O)c2ccc3nc(-c4ccco4)c(-c4ccco4)nc3c2)cc1Cl. The van der Waals surface area contributed by atoms with Crippen LogP contribution >= 0.6 is 11.6 Å². The van der Waals surface area contributed by atoms with E-state index < -0.39 is 18.0 Å². The minimum absolute atomic E-state index is 0.192. The molecule has 1 unspecified atom stereocenters. The smallest absolute Gasteiger partial charge is 0.338 e. The number of anilines is 1. The molecule has 0 saturated carbocycles. The lowest BCUT2D eigenvalue weighted by Crippen LogP contribution is -2.30. The van der Waals surface area contributed by atoms with Gasteiger partial charge in [-0.05, 0) is 55.5 Å². The Hall–Kier alpha value is -4.83. The van der Waals surface area contributed by atoms with Crippen molar-refractivity contribution in [3.05, 3.63) is 77.7 Å². The van der Waals surface area contributed by atoms with Crippen molar-refractivity contribution in [2.45, 2.75) is 13.0 Å². The molecule has 0 aliphatic rings. The Kier molecular flexibility index (Phi) is 7.20. The van der Waals surface area contributed by atoms with Crippen LogP contribution in [0.15, 0.2) is 76.0 Å². The number of rotatable bonds is 8. The molecule has 5 aromatic rings. The third-order valence-electron chi connectivity index (χ3n) is 5.79. The van der Waals surface area contributed by atoms with E-state index in [1.54, 1.807) is 54.8 Å². The summed E-state index contributed by atoms with van der Waals surface area (Å²) in [4.78, 5) is 35.1. The van der Waals surface area contributed by atoms with E-state index in [0.29, 0.717) is 51.1 Å². The summed E-state index contributed by atoms with van der Waals surface area (Å²) in [5, 5.41) is 2.94. The monoisotopic (exact) mass is 547 g/mol. The Morgan fingerprint density at radius 1 is 0.872 bits per heavy atom. The Labute approximate surface area is 227 Å². The Morgan fingerprint density at radius 2 is 1.51 bits per heavy atom. The minimum atomic E-state index is -1.13. The zero-order valence-electron chi connectivity index (χ0n) is 21.1. The highest BCUT2D eigenvalue weighted by atomic mass is 35.5. The van der Waals surface area contributed by atoms with Crippen LogP contribution < -0.4 is 14.8 Å². The van der Waals surface area contributed by atoms with Crippen LogP contribution in [0.4, 0.5) is 5.69 Å². The molecule has 0 aliphatic carbocycles. The number of fused-ring (bicyclic) bond motifs is 1. The van der Waals surface area contributed by atoms with Gasteiger partial charge in [-0.2, -0.15) is 0 Å². The van der Waals surface area contributed by atoms with Crippen LogP contribution in [0.3, 0.4) is 0 Å². The second-order valence-corrected chi connectivity index (χ2v) is 8.71. The van der Waals surface area contributed by atoms with Crippen LogP contribution in [0, 0.1) is 0 Å². The second kappa shape index (κ2) is 10.9. The van der Waals surface area contributed by atoms with Gasteiger partial charge < -0.3 is 28.4 Å². The van der Waals surface area contributed by atoms with Gasteiger partial charge in [-0.1, -0.05) is 11.6 Å². The van der Waals surface area contributed by atoms with E-state index in [4.69, 9.17) is 34.6 Å². The van der Waals surface area contributed by atoms with Crippen molar-refractivity contribution in [2.24, 2.45) is 0 Å². The first kappa shape index (κ1) is 25.8. The van der Waals surface area contributed by atoms with Gasteiger partial charge in [0, 0.05) is 6.07 Å². The van der Waals surface area contributed by atoms with Gasteiger partial charge in [0.2, 0.25) is 0 Å². The summed E-state index contributed by atoms with van der Waals surface area (Å²) in [7, 11) is 2.91. The molecule has 3 heterocycles. The molecule has 10 nitrogen and oxygen atoms in total. The van der Waals surface area contributed by atoms with Crippen LogP contribution in [0.2, 0.25) is 5.02 Å². The summed E-state index contributed by atoms with van der Waals surface area (Å²) in [6, 6.07) is 14.8. The summed E-state index contributed by atoms with van der Waals surface area (Å²) in [5.74, 6) is 0.439. The average Bonchev–Trinajstić information content (AvgIpc) is 3.67. The van der Waals surface area contributed by atoms with E-state index in [1.807, 2.05) is 0 Å². The van der Waals surface area contributed by atoms with E-state index >= 15 is 0 Å². The van der Waals surface area contributed by atoms with Crippen molar-refractivity contribution >= 4 is 40.2 Å². The molecule has 5 rings (SSSR count). The van der Waals surface area contributed by atoms with Crippen LogP contribution in [0.5, 0.6) is 11.5 Å². The van der Waals surface area contributed by atoms with E-state index in [-0.39, 0.29) is 10.6 Å².